The Bertz CT molecular complexity index is 1220. The highest BCUT2D eigenvalue weighted by atomic mass is 16.7. The number of carbonyl (C=O) groups is 2. The minimum Gasteiger partial charge on any atom is -0.493 e. The Morgan fingerprint density at radius 3 is 2.09 bits per heavy atom. The average Bonchev–Trinajstić information content (AvgIpc) is 3.35. The van der Waals surface area contributed by atoms with E-state index in [0.29, 0.717) is 51.2 Å². The Balaban J connectivity index is 1.43. The molecule has 4 rings (SSSR count). The first-order valence-corrected chi connectivity index (χ1v) is 10.3. The molecule has 8 nitrogen and oxygen atoms in total. The van der Waals surface area contributed by atoms with E-state index in [0.717, 1.165) is 0 Å². The molecule has 1 aliphatic heterocycles. The van der Waals surface area contributed by atoms with Gasteiger partial charge in [0.15, 0.2) is 28.8 Å². The van der Waals surface area contributed by atoms with Crippen molar-refractivity contribution in [1.82, 2.24) is 0 Å². The van der Waals surface area contributed by atoms with Gasteiger partial charge in [-0.1, -0.05) is 6.08 Å². The molecular weight excluding hydrogens is 440 g/mol. The van der Waals surface area contributed by atoms with E-state index in [2.05, 4.69) is 0 Å². The molecule has 0 atom stereocenters. The maximum Gasteiger partial charge on any atom is 0.343 e. The first-order valence-electron chi connectivity index (χ1n) is 10.3. The summed E-state index contributed by atoms with van der Waals surface area (Å²) in [4.78, 5) is 25.0. The van der Waals surface area contributed by atoms with Crippen LogP contribution in [0.25, 0.3) is 6.08 Å². The number of allylic oxidation sites excluding steroid dienone is 1. The van der Waals surface area contributed by atoms with Crippen molar-refractivity contribution in [2.24, 2.45) is 0 Å². The summed E-state index contributed by atoms with van der Waals surface area (Å²) in [5.74, 6) is 2.08. The lowest BCUT2D eigenvalue weighted by molar-refractivity contribution is 0.0734. The first kappa shape index (κ1) is 22.7. The zero-order valence-electron chi connectivity index (χ0n) is 18.8. The molecule has 0 saturated heterocycles. The number of ketones is 1. The van der Waals surface area contributed by atoms with Gasteiger partial charge in [-0.15, -0.1) is 0 Å². The van der Waals surface area contributed by atoms with Gasteiger partial charge in [-0.25, -0.2) is 4.79 Å². The maximum atomic E-state index is 12.6. The van der Waals surface area contributed by atoms with Gasteiger partial charge in [0.1, 0.15) is 5.75 Å². The normalized spacial score (nSPS) is 11.9. The molecule has 0 saturated carbocycles. The lowest BCUT2D eigenvalue weighted by atomic mass is 10.1. The molecule has 174 valence electrons. The summed E-state index contributed by atoms with van der Waals surface area (Å²) in [5.41, 5.74) is 1.47. The van der Waals surface area contributed by atoms with E-state index >= 15 is 0 Å². The van der Waals surface area contributed by atoms with Gasteiger partial charge < -0.3 is 28.4 Å². The molecule has 34 heavy (non-hydrogen) atoms. The lowest BCUT2D eigenvalue weighted by Crippen LogP contribution is -2.08. The van der Waals surface area contributed by atoms with E-state index in [4.69, 9.17) is 28.4 Å². The van der Waals surface area contributed by atoms with E-state index in [1.807, 2.05) is 0 Å². The van der Waals surface area contributed by atoms with Gasteiger partial charge in [-0.2, -0.15) is 0 Å². The number of rotatable bonds is 8. The number of carbonyl (C=O) groups excluding carboxylic acids is 2. The van der Waals surface area contributed by atoms with Crippen LogP contribution < -0.4 is 28.4 Å². The monoisotopic (exact) mass is 462 g/mol. The summed E-state index contributed by atoms with van der Waals surface area (Å²) in [5, 5.41) is 0. The molecule has 0 unspecified atom stereocenters. The summed E-state index contributed by atoms with van der Waals surface area (Å²) < 4.78 is 31.9. The number of hydrogen-bond acceptors (Lipinski definition) is 8. The molecule has 0 amide bonds. The van der Waals surface area contributed by atoms with Crippen molar-refractivity contribution in [2.45, 2.75) is 0 Å². The molecule has 0 aliphatic carbocycles. The smallest absolute Gasteiger partial charge is 0.343 e. The van der Waals surface area contributed by atoms with E-state index in [1.54, 1.807) is 60.7 Å². The zero-order valence-corrected chi connectivity index (χ0v) is 18.8. The average molecular weight is 462 g/mol. The summed E-state index contributed by atoms with van der Waals surface area (Å²) >= 11 is 0. The Morgan fingerprint density at radius 1 is 0.794 bits per heavy atom. The van der Waals surface area contributed by atoms with Crippen LogP contribution in [0.15, 0.2) is 60.7 Å². The molecule has 0 N–H and O–H groups in total. The number of fused-ring (bicyclic) bond motifs is 1. The Morgan fingerprint density at radius 2 is 1.44 bits per heavy atom. The van der Waals surface area contributed by atoms with Gasteiger partial charge >= 0.3 is 5.97 Å². The third kappa shape index (κ3) is 4.80. The summed E-state index contributed by atoms with van der Waals surface area (Å²) in [6, 6.07) is 14.6. The van der Waals surface area contributed by atoms with Crippen molar-refractivity contribution in [3.63, 3.8) is 0 Å². The quantitative estimate of drug-likeness (QED) is 0.208. The number of esters is 1. The first-order chi connectivity index (χ1) is 16.5. The van der Waals surface area contributed by atoms with Gasteiger partial charge in [0, 0.05) is 5.56 Å². The van der Waals surface area contributed by atoms with Gasteiger partial charge in [0.25, 0.3) is 0 Å². The summed E-state index contributed by atoms with van der Waals surface area (Å²) in [7, 11) is 4.57. The van der Waals surface area contributed by atoms with E-state index in [-0.39, 0.29) is 12.6 Å². The largest absolute Gasteiger partial charge is 0.493 e. The van der Waals surface area contributed by atoms with Crippen LogP contribution in [0.4, 0.5) is 0 Å². The van der Waals surface area contributed by atoms with Crippen LogP contribution in [0.5, 0.6) is 34.5 Å². The molecule has 0 spiro atoms. The second-order valence-corrected chi connectivity index (χ2v) is 7.14. The van der Waals surface area contributed by atoms with Crippen molar-refractivity contribution >= 4 is 17.8 Å². The highest BCUT2D eigenvalue weighted by Gasteiger charge is 2.17. The standard InChI is InChI=1S/C26H22O8/c1-29-23-12-16(13-24(30-2)25(23)31-3)4-10-20(27)17-5-8-19(9-6-17)34-26(28)18-7-11-21-22(14-18)33-15-32-21/h4-14H,15H2,1-3H3/b10-4+. The molecule has 1 heterocycles. The predicted molar refractivity (Wildman–Crippen MR) is 123 cm³/mol. The van der Waals surface area contributed by atoms with Gasteiger partial charge in [0.2, 0.25) is 12.5 Å². The second-order valence-electron chi connectivity index (χ2n) is 7.14. The fourth-order valence-corrected chi connectivity index (χ4v) is 3.34. The van der Waals surface area contributed by atoms with E-state index in [1.165, 1.54) is 27.4 Å². The molecule has 1 aliphatic rings. The molecule has 8 heteroatoms. The topological polar surface area (TPSA) is 89.5 Å². The SMILES string of the molecule is COc1cc(/C=C/C(=O)c2ccc(OC(=O)c3ccc4c(c3)OCO4)cc2)cc(OC)c1OC. The fourth-order valence-electron chi connectivity index (χ4n) is 3.34. The molecule has 0 aromatic heterocycles. The van der Waals surface area contributed by atoms with Crippen molar-refractivity contribution in [3.8, 4) is 34.5 Å². The lowest BCUT2D eigenvalue weighted by Gasteiger charge is -2.12. The highest BCUT2D eigenvalue weighted by molar-refractivity contribution is 6.07. The minimum atomic E-state index is -0.542. The summed E-state index contributed by atoms with van der Waals surface area (Å²) in [6.45, 7) is 0.122. The zero-order chi connectivity index (χ0) is 24.1. The van der Waals surface area contributed by atoms with E-state index < -0.39 is 5.97 Å². The molecule has 0 bridgehead atoms. The third-order valence-electron chi connectivity index (χ3n) is 5.07. The maximum absolute atomic E-state index is 12.6. The Labute approximate surface area is 196 Å². The van der Waals surface area contributed by atoms with Crippen LogP contribution in [0, 0.1) is 0 Å². The number of methoxy groups -OCH3 is 3. The highest BCUT2D eigenvalue weighted by Crippen LogP contribution is 2.38. The van der Waals surface area contributed by atoms with Crippen LogP contribution in [-0.4, -0.2) is 39.9 Å². The van der Waals surface area contributed by atoms with Crippen LogP contribution in [-0.2, 0) is 0 Å². The van der Waals surface area contributed by atoms with Gasteiger partial charge in [-0.3, -0.25) is 4.79 Å². The Hall–Kier alpha value is -4.46. The van der Waals surface area contributed by atoms with E-state index in [9.17, 15) is 9.59 Å². The van der Waals surface area contributed by atoms with Crippen LogP contribution in [0.2, 0.25) is 0 Å². The predicted octanol–water partition coefficient (Wildman–Crippen LogP) is 4.56. The molecule has 3 aromatic rings. The number of benzene rings is 3. The van der Waals surface area contributed by atoms with Gasteiger partial charge in [0.05, 0.1) is 26.9 Å². The van der Waals surface area contributed by atoms with Crippen LogP contribution >= 0.6 is 0 Å². The van der Waals surface area contributed by atoms with Crippen molar-refractivity contribution in [1.29, 1.82) is 0 Å². The molecular formula is C26H22O8. The van der Waals surface area contributed by atoms with Crippen LogP contribution in [0.3, 0.4) is 0 Å². The number of ether oxygens (including phenoxy) is 6. The molecule has 3 aromatic carbocycles. The number of hydrogen-bond donors (Lipinski definition) is 0. The molecule has 0 radical (unpaired) electrons. The van der Waals surface area contributed by atoms with Gasteiger partial charge in [-0.05, 0) is 66.2 Å². The van der Waals surface area contributed by atoms with Crippen molar-refractivity contribution in [3.05, 3.63) is 77.4 Å². The van der Waals surface area contributed by atoms with Crippen molar-refractivity contribution in [2.75, 3.05) is 28.1 Å². The molecule has 0 fully saturated rings. The minimum absolute atomic E-state index is 0.122. The fraction of sp³-hybridized carbons (Fsp3) is 0.154. The third-order valence-corrected chi connectivity index (χ3v) is 5.07. The summed E-state index contributed by atoms with van der Waals surface area (Å²) in [6.07, 6.45) is 3.09. The second kappa shape index (κ2) is 9.99. The van der Waals surface area contributed by atoms with Crippen LogP contribution in [0.1, 0.15) is 26.3 Å². The van der Waals surface area contributed by atoms with Crippen molar-refractivity contribution < 1.29 is 38.0 Å². The Kier molecular flexibility index (Phi) is 6.68.